The van der Waals surface area contributed by atoms with Crippen LogP contribution < -0.4 is 15.2 Å². The minimum atomic E-state index is -3.67. The first kappa shape index (κ1) is 15.3. The highest BCUT2D eigenvalue weighted by molar-refractivity contribution is 7.89. The first-order valence-corrected chi connectivity index (χ1v) is 8.01. The molecule has 0 amide bonds. The van der Waals surface area contributed by atoms with E-state index in [0.717, 1.165) is 0 Å². The van der Waals surface area contributed by atoms with Crippen LogP contribution in [0.4, 0.5) is 5.82 Å². The zero-order valence-corrected chi connectivity index (χ0v) is 12.5. The number of nitrogens with zero attached hydrogens (tertiary/aromatic N) is 2. The van der Waals surface area contributed by atoms with Gasteiger partial charge in [-0.15, -0.1) is 0 Å². The maximum absolute atomic E-state index is 12.1. The number of hydrogen-bond acceptors (Lipinski definition) is 5. The summed E-state index contributed by atoms with van der Waals surface area (Å²) in [5, 5.41) is 3.92. The number of ether oxygens (including phenoxy) is 1. The summed E-state index contributed by atoms with van der Waals surface area (Å²) in [5.41, 5.74) is 5.62. The van der Waals surface area contributed by atoms with Gasteiger partial charge in [-0.05, 0) is 19.1 Å². The monoisotopic (exact) mass is 310 g/mol. The van der Waals surface area contributed by atoms with E-state index in [0.29, 0.717) is 12.3 Å². The molecule has 3 N–H and O–H groups in total. The molecule has 8 heteroatoms. The van der Waals surface area contributed by atoms with Crippen LogP contribution in [0.5, 0.6) is 5.75 Å². The number of nitrogens with two attached hydrogens (primary N) is 1. The van der Waals surface area contributed by atoms with Crippen molar-refractivity contribution in [1.82, 2.24) is 14.5 Å². The average Bonchev–Trinajstić information content (AvgIpc) is 2.87. The Morgan fingerprint density at radius 2 is 2.05 bits per heavy atom. The second-order valence-electron chi connectivity index (χ2n) is 4.29. The van der Waals surface area contributed by atoms with E-state index in [1.807, 2.05) is 25.1 Å². The summed E-state index contributed by atoms with van der Waals surface area (Å²) >= 11 is 0. The fourth-order valence-corrected chi connectivity index (χ4v) is 2.81. The van der Waals surface area contributed by atoms with Gasteiger partial charge in [0.1, 0.15) is 17.3 Å². The molecule has 2 aromatic rings. The number of rotatable bonds is 7. The van der Waals surface area contributed by atoms with Gasteiger partial charge in [-0.1, -0.05) is 18.2 Å². The molecule has 2 rings (SSSR count). The van der Waals surface area contributed by atoms with Crippen LogP contribution in [0.1, 0.15) is 6.92 Å². The summed E-state index contributed by atoms with van der Waals surface area (Å²) in [6.07, 6.45) is 1.41. The first-order chi connectivity index (χ1) is 10.0. The van der Waals surface area contributed by atoms with Gasteiger partial charge in [0.2, 0.25) is 10.0 Å². The van der Waals surface area contributed by atoms with Gasteiger partial charge in [0, 0.05) is 19.3 Å². The van der Waals surface area contributed by atoms with Gasteiger partial charge in [-0.25, -0.2) is 13.1 Å². The van der Waals surface area contributed by atoms with Crippen molar-refractivity contribution < 1.29 is 13.2 Å². The first-order valence-electron chi connectivity index (χ1n) is 6.53. The van der Waals surface area contributed by atoms with Crippen molar-refractivity contribution in [1.29, 1.82) is 0 Å². The largest absolute Gasteiger partial charge is 0.492 e. The smallest absolute Gasteiger partial charge is 0.245 e. The fraction of sp³-hybridized carbons (Fsp3) is 0.308. The topological polar surface area (TPSA) is 99.2 Å². The molecule has 0 fully saturated rings. The zero-order valence-electron chi connectivity index (χ0n) is 11.7. The summed E-state index contributed by atoms with van der Waals surface area (Å²) in [6.45, 7) is 2.78. The lowest BCUT2D eigenvalue weighted by Gasteiger charge is -2.07. The van der Waals surface area contributed by atoms with Crippen molar-refractivity contribution in [3.63, 3.8) is 0 Å². The minimum Gasteiger partial charge on any atom is -0.492 e. The van der Waals surface area contributed by atoms with Crippen LogP contribution in [0.25, 0.3) is 0 Å². The van der Waals surface area contributed by atoms with Crippen LogP contribution in [0.2, 0.25) is 0 Å². The van der Waals surface area contributed by atoms with Gasteiger partial charge in [-0.2, -0.15) is 5.10 Å². The second-order valence-corrected chi connectivity index (χ2v) is 6.03. The Morgan fingerprint density at radius 3 is 2.67 bits per heavy atom. The fourth-order valence-electron chi connectivity index (χ4n) is 1.73. The number of para-hydroxylation sites is 1. The highest BCUT2D eigenvalue weighted by atomic mass is 32.2. The molecule has 0 aliphatic carbocycles. The number of nitrogens with one attached hydrogen (secondary N) is 1. The highest BCUT2D eigenvalue weighted by Gasteiger charge is 2.20. The Morgan fingerprint density at radius 1 is 1.33 bits per heavy atom. The van der Waals surface area contributed by atoms with E-state index in [-0.39, 0.29) is 23.9 Å². The molecule has 1 aromatic heterocycles. The highest BCUT2D eigenvalue weighted by Crippen LogP contribution is 2.15. The van der Waals surface area contributed by atoms with E-state index in [2.05, 4.69) is 9.82 Å². The van der Waals surface area contributed by atoms with Gasteiger partial charge in [-0.3, -0.25) is 4.68 Å². The van der Waals surface area contributed by atoms with E-state index in [1.165, 1.54) is 10.9 Å². The lowest BCUT2D eigenvalue weighted by Crippen LogP contribution is -2.28. The number of aromatic nitrogens is 2. The second kappa shape index (κ2) is 6.59. The summed E-state index contributed by atoms with van der Waals surface area (Å²) in [7, 11) is -3.67. The van der Waals surface area contributed by atoms with Gasteiger partial charge < -0.3 is 10.5 Å². The van der Waals surface area contributed by atoms with E-state index >= 15 is 0 Å². The molecule has 114 valence electrons. The number of benzene rings is 1. The third-order valence-corrected chi connectivity index (χ3v) is 4.25. The molecule has 0 saturated heterocycles. The van der Waals surface area contributed by atoms with Crippen LogP contribution in [0, 0.1) is 0 Å². The molecule has 0 atom stereocenters. The Balaban J connectivity index is 1.91. The molecule has 0 bridgehead atoms. The van der Waals surface area contributed by atoms with E-state index in [9.17, 15) is 8.42 Å². The van der Waals surface area contributed by atoms with Gasteiger partial charge in [0.15, 0.2) is 5.82 Å². The quantitative estimate of drug-likeness (QED) is 0.738. The van der Waals surface area contributed by atoms with Gasteiger partial charge in [0.05, 0.1) is 0 Å². The molecule has 1 heterocycles. The number of nitrogen functional groups attached to an aromatic ring is 1. The van der Waals surface area contributed by atoms with Gasteiger partial charge in [0.25, 0.3) is 0 Å². The van der Waals surface area contributed by atoms with Crippen LogP contribution in [-0.4, -0.2) is 31.3 Å². The molecule has 7 nitrogen and oxygen atoms in total. The predicted molar refractivity (Wildman–Crippen MR) is 79.4 cm³/mol. The number of hydrogen-bond donors (Lipinski definition) is 2. The van der Waals surface area contributed by atoms with Crippen molar-refractivity contribution in [2.24, 2.45) is 0 Å². The Hall–Kier alpha value is -2.06. The van der Waals surface area contributed by atoms with Crippen molar-refractivity contribution in [3.8, 4) is 5.75 Å². The minimum absolute atomic E-state index is 0.00618. The van der Waals surface area contributed by atoms with Crippen molar-refractivity contribution in [3.05, 3.63) is 36.5 Å². The average molecular weight is 310 g/mol. The molecule has 0 aliphatic heterocycles. The Kier molecular flexibility index (Phi) is 4.81. The van der Waals surface area contributed by atoms with Gasteiger partial charge >= 0.3 is 0 Å². The lowest BCUT2D eigenvalue weighted by atomic mass is 10.3. The molecule has 0 aliphatic rings. The Bertz CT molecular complexity index is 683. The Labute approximate surface area is 123 Å². The molecule has 0 radical (unpaired) electrons. The molecule has 1 aromatic carbocycles. The van der Waals surface area contributed by atoms with Crippen molar-refractivity contribution >= 4 is 15.8 Å². The maximum Gasteiger partial charge on any atom is 0.245 e. The molecular weight excluding hydrogens is 292 g/mol. The maximum atomic E-state index is 12.1. The normalized spacial score (nSPS) is 11.5. The number of aryl methyl sites for hydroxylation is 1. The van der Waals surface area contributed by atoms with Crippen molar-refractivity contribution in [2.75, 3.05) is 18.9 Å². The SMILES string of the molecule is CCn1cc(S(=O)(=O)NCCOc2ccccc2)c(N)n1. The third-order valence-electron chi connectivity index (χ3n) is 2.77. The molecular formula is C13H18N4O3S. The predicted octanol–water partition coefficient (Wildman–Crippen LogP) is 0.842. The van der Waals surface area contributed by atoms with Crippen LogP contribution in [0.15, 0.2) is 41.4 Å². The van der Waals surface area contributed by atoms with Crippen LogP contribution in [-0.2, 0) is 16.6 Å². The zero-order chi connectivity index (χ0) is 15.3. The third kappa shape index (κ3) is 3.96. The summed E-state index contributed by atoms with van der Waals surface area (Å²) in [5.74, 6) is 0.684. The van der Waals surface area contributed by atoms with E-state index in [4.69, 9.17) is 10.5 Å². The molecule has 21 heavy (non-hydrogen) atoms. The number of sulfonamides is 1. The van der Waals surface area contributed by atoms with E-state index < -0.39 is 10.0 Å². The van der Waals surface area contributed by atoms with Crippen LogP contribution >= 0.6 is 0 Å². The summed E-state index contributed by atoms with van der Waals surface area (Å²) < 4.78 is 33.5. The summed E-state index contributed by atoms with van der Waals surface area (Å²) in [4.78, 5) is -0.0101. The molecule has 0 saturated carbocycles. The number of anilines is 1. The lowest BCUT2D eigenvalue weighted by molar-refractivity contribution is 0.323. The molecule has 0 unspecified atom stereocenters. The standard InChI is InChI=1S/C13H18N4O3S/c1-2-17-10-12(13(14)16-17)21(18,19)15-8-9-20-11-6-4-3-5-7-11/h3-7,10,15H,2,8-9H2,1H3,(H2,14,16). The molecule has 0 spiro atoms. The van der Waals surface area contributed by atoms with Crippen molar-refractivity contribution in [2.45, 2.75) is 18.4 Å². The van der Waals surface area contributed by atoms with E-state index in [1.54, 1.807) is 12.1 Å². The summed E-state index contributed by atoms with van der Waals surface area (Å²) in [6, 6.07) is 9.18. The van der Waals surface area contributed by atoms with Crippen LogP contribution in [0.3, 0.4) is 0 Å².